The van der Waals surface area contributed by atoms with Crippen LogP contribution in [0.15, 0.2) is 35.5 Å². The zero-order chi connectivity index (χ0) is 16.2. The number of aliphatic imine (C=N–C) groups is 1. The highest BCUT2D eigenvalue weighted by atomic mass is 19.4. The first-order chi connectivity index (χ1) is 10.4. The van der Waals surface area contributed by atoms with Crippen LogP contribution in [0.2, 0.25) is 0 Å². The number of halogens is 3. The van der Waals surface area contributed by atoms with Crippen molar-refractivity contribution < 1.29 is 18.3 Å². The van der Waals surface area contributed by atoms with Gasteiger partial charge in [0.15, 0.2) is 11.8 Å². The number of benzene rings is 1. The van der Waals surface area contributed by atoms with Crippen molar-refractivity contribution in [1.29, 1.82) is 0 Å². The normalized spacial score (nSPS) is 12.5. The van der Waals surface area contributed by atoms with Crippen LogP contribution in [-0.4, -0.2) is 38.8 Å². The van der Waals surface area contributed by atoms with Crippen LogP contribution >= 0.6 is 0 Å². The molecule has 2 rings (SSSR count). The van der Waals surface area contributed by atoms with Crippen molar-refractivity contribution in [2.75, 3.05) is 11.9 Å². The lowest BCUT2D eigenvalue weighted by atomic mass is 10.2. The van der Waals surface area contributed by atoms with Crippen LogP contribution in [0.25, 0.3) is 5.69 Å². The van der Waals surface area contributed by atoms with Crippen LogP contribution in [0, 0.1) is 0 Å². The summed E-state index contributed by atoms with van der Waals surface area (Å²) in [5, 5.41) is 19.5. The highest BCUT2D eigenvalue weighted by Gasteiger charge is 2.26. The molecule has 1 heterocycles. The number of nitrogens with one attached hydrogen (secondary N) is 1. The molecule has 0 aliphatic rings. The third kappa shape index (κ3) is 4.45. The second-order valence-electron chi connectivity index (χ2n) is 4.29. The number of nitrogens with zero attached hydrogens (tertiary/aromatic N) is 4. The summed E-state index contributed by atoms with van der Waals surface area (Å²) in [4.78, 5) is 4.40. The number of rotatable bonds is 4. The minimum Gasteiger partial charge on any atom is -0.392 e. The average Bonchev–Trinajstić information content (AvgIpc) is 2.93. The molecular weight excluding hydrogens is 301 g/mol. The molecule has 1 aromatic heterocycles. The van der Waals surface area contributed by atoms with Gasteiger partial charge in [-0.3, -0.25) is 0 Å². The van der Waals surface area contributed by atoms with Crippen molar-refractivity contribution in [3.8, 4) is 5.69 Å². The molecule has 0 saturated carbocycles. The molecule has 7 nitrogen and oxygen atoms in total. The quantitative estimate of drug-likeness (QED) is 0.578. The fourth-order valence-electron chi connectivity index (χ4n) is 1.57. The molecule has 4 N–H and O–H groups in total. The van der Waals surface area contributed by atoms with Crippen molar-refractivity contribution in [3.05, 3.63) is 36.0 Å². The number of aliphatic hydroxyl groups is 1. The Morgan fingerprint density at radius 3 is 2.86 bits per heavy atom. The molecule has 0 aliphatic heterocycles. The van der Waals surface area contributed by atoms with Gasteiger partial charge in [-0.2, -0.15) is 18.3 Å². The van der Waals surface area contributed by atoms with Gasteiger partial charge in [-0.25, -0.2) is 4.99 Å². The summed E-state index contributed by atoms with van der Waals surface area (Å²) in [6, 6.07) is 6.83. The molecule has 0 bridgehead atoms. The van der Waals surface area contributed by atoms with Crippen LogP contribution in [-0.2, 0) is 6.61 Å². The molecule has 2 aromatic rings. The van der Waals surface area contributed by atoms with Crippen molar-refractivity contribution in [3.63, 3.8) is 0 Å². The molecule has 118 valence electrons. The Morgan fingerprint density at radius 2 is 2.18 bits per heavy atom. The molecule has 0 atom stereocenters. The fraction of sp³-hybridized carbons (Fsp3) is 0.250. The maximum absolute atomic E-state index is 12.0. The summed E-state index contributed by atoms with van der Waals surface area (Å²) in [6.45, 7) is -1.50. The van der Waals surface area contributed by atoms with E-state index in [1.165, 1.54) is 11.0 Å². The Balaban J connectivity index is 2.08. The van der Waals surface area contributed by atoms with E-state index in [0.717, 1.165) is 0 Å². The highest BCUT2D eigenvalue weighted by Crippen LogP contribution is 2.14. The van der Waals surface area contributed by atoms with E-state index in [4.69, 9.17) is 10.8 Å². The molecule has 10 heteroatoms. The molecular formula is C12H13F3N6O. The van der Waals surface area contributed by atoms with Gasteiger partial charge in [-0.15, -0.1) is 9.90 Å². The first kappa shape index (κ1) is 15.8. The predicted molar refractivity (Wildman–Crippen MR) is 73.4 cm³/mol. The van der Waals surface area contributed by atoms with Crippen molar-refractivity contribution in [2.45, 2.75) is 12.8 Å². The van der Waals surface area contributed by atoms with Gasteiger partial charge < -0.3 is 16.2 Å². The molecule has 1 aromatic carbocycles. The molecule has 0 aliphatic carbocycles. The van der Waals surface area contributed by atoms with Gasteiger partial charge in [0, 0.05) is 0 Å². The van der Waals surface area contributed by atoms with Gasteiger partial charge in [-0.1, -0.05) is 12.1 Å². The summed E-state index contributed by atoms with van der Waals surface area (Å²) in [5.74, 6) is -0.258. The number of nitrogens with two attached hydrogens (primary N) is 1. The smallest absolute Gasteiger partial charge is 0.392 e. The third-order valence-corrected chi connectivity index (χ3v) is 2.50. The first-order valence-corrected chi connectivity index (χ1v) is 6.13. The molecule has 0 unspecified atom stereocenters. The van der Waals surface area contributed by atoms with Gasteiger partial charge in [-0.05, 0) is 17.7 Å². The Bertz CT molecular complexity index is 667. The minimum atomic E-state index is -4.42. The molecule has 0 radical (unpaired) electrons. The lowest BCUT2D eigenvalue weighted by Crippen LogP contribution is -2.25. The van der Waals surface area contributed by atoms with E-state index in [1.807, 2.05) is 0 Å². The lowest BCUT2D eigenvalue weighted by Gasteiger charge is -2.04. The van der Waals surface area contributed by atoms with Crippen molar-refractivity contribution in [2.24, 2.45) is 10.7 Å². The summed E-state index contributed by atoms with van der Waals surface area (Å²) in [7, 11) is 0. The maximum Gasteiger partial charge on any atom is 0.408 e. The number of hydrogen-bond donors (Lipinski definition) is 3. The number of aromatic nitrogens is 3. The molecule has 0 amide bonds. The average molecular weight is 314 g/mol. The van der Waals surface area contributed by atoms with Crippen LogP contribution in [0.4, 0.5) is 19.0 Å². The number of hydrogen-bond acceptors (Lipinski definition) is 4. The second-order valence-corrected chi connectivity index (χ2v) is 4.29. The van der Waals surface area contributed by atoms with E-state index in [-0.39, 0.29) is 12.4 Å². The van der Waals surface area contributed by atoms with Crippen LogP contribution in [0.3, 0.4) is 0 Å². The van der Waals surface area contributed by atoms with Gasteiger partial charge >= 0.3 is 6.18 Å². The summed E-state index contributed by atoms with van der Waals surface area (Å²) < 4.78 is 36.0. The van der Waals surface area contributed by atoms with E-state index in [9.17, 15) is 13.2 Å². The number of aliphatic hydroxyl groups excluding tert-OH is 1. The van der Waals surface area contributed by atoms with E-state index in [1.54, 1.807) is 24.3 Å². The van der Waals surface area contributed by atoms with E-state index < -0.39 is 18.7 Å². The number of anilines is 1. The second kappa shape index (κ2) is 6.43. The largest absolute Gasteiger partial charge is 0.408 e. The Labute approximate surface area is 123 Å². The SMILES string of the molecule is NC(=NCC(F)(F)F)Nc1cnn(-c2cccc(CO)c2)n1. The predicted octanol–water partition coefficient (Wildman–Crippen LogP) is 1.05. The molecule has 0 saturated heterocycles. The van der Waals surface area contributed by atoms with E-state index >= 15 is 0 Å². The zero-order valence-electron chi connectivity index (χ0n) is 11.2. The number of guanidine groups is 1. The summed E-state index contributed by atoms with van der Waals surface area (Å²) in [6.07, 6.45) is -3.13. The summed E-state index contributed by atoms with van der Waals surface area (Å²) >= 11 is 0. The van der Waals surface area contributed by atoms with Crippen LogP contribution in [0.5, 0.6) is 0 Å². The standard InChI is InChI=1S/C12H13F3N6O/c13-12(14,15)7-17-11(16)19-10-5-18-21(20-10)9-3-1-2-8(4-9)6-22/h1-5,22H,6-7H2,(H3,16,17,19,20). The van der Waals surface area contributed by atoms with Crippen LogP contribution < -0.4 is 11.1 Å². The van der Waals surface area contributed by atoms with E-state index in [2.05, 4.69) is 20.5 Å². The van der Waals surface area contributed by atoms with Gasteiger partial charge in [0.1, 0.15) is 6.54 Å². The lowest BCUT2D eigenvalue weighted by molar-refractivity contribution is -0.118. The van der Waals surface area contributed by atoms with Gasteiger partial charge in [0.05, 0.1) is 18.5 Å². The Kier molecular flexibility index (Phi) is 4.61. The van der Waals surface area contributed by atoms with Crippen molar-refractivity contribution in [1.82, 2.24) is 15.0 Å². The third-order valence-electron chi connectivity index (χ3n) is 2.50. The molecule has 22 heavy (non-hydrogen) atoms. The van der Waals surface area contributed by atoms with Gasteiger partial charge in [0.2, 0.25) is 0 Å². The van der Waals surface area contributed by atoms with E-state index in [0.29, 0.717) is 11.3 Å². The highest BCUT2D eigenvalue weighted by molar-refractivity contribution is 5.91. The maximum atomic E-state index is 12.0. The zero-order valence-corrected chi connectivity index (χ0v) is 11.2. The minimum absolute atomic E-state index is 0.128. The molecule has 0 spiro atoms. The fourth-order valence-corrected chi connectivity index (χ4v) is 1.57. The van der Waals surface area contributed by atoms with Crippen molar-refractivity contribution >= 4 is 11.8 Å². The Hall–Kier alpha value is -2.62. The molecule has 0 fully saturated rings. The summed E-state index contributed by atoms with van der Waals surface area (Å²) in [5.41, 5.74) is 6.60. The number of alkyl halides is 3. The topological polar surface area (TPSA) is 101 Å². The monoisotopic (exact) mass is 314 g/mol. The van der Waals surface area contributed by atoms with Crippen LogP contribution in [0.1, 0.15) is 5.56 Å². The first-order valence-electron chi connectivity index (χ1n) is 6.13. The Morgan fingerprint density at radius 1 is 1.41 bits per heavy atom. The van der Waals surface area contributed by atoms with Gasteiger partial charge in [0.25, 0.3) is 0 Å².